The Labute approximate surface area is 191 Å². The average Bonchev–Trinajstić information content (AvgIpc) is 3.37. The zero-order valence-corrected chi connectivity index (χ0v) is 18.3. The zero-order chi connectivity index (χ0) is 23.2. The Hall–Kier alpha value is -3.65. The molecule has 3 aromatic rings. The Morgan fingerprint density at radius 2 is 2.00 bits per heavy atom. The maximum absolute atomic E-state index is 13.6. The number of hydrogen-bond donors (Lipinski definition) is 1. The van der Waals surface area contributed by atoms with Gasteiger partial charge in [0.2, 0.25) is 0 Å². The fourth-order valence-electron chi connectivity index (χ4n) is 3.94. The van der Waals surface area contributed by atoms with E-state index in [1.54, 1.807) is 36.3 Å². The summed E-state index contributed by atoms with van der Waals surface area (Å²) in [6.07, 6.45) is 2.11. The number of carbonyl (C=O) groups is 2. The van der Waals surface area contributed by atoms with Gasteiger partial charge in [-0.15, -0.1) is 0 Å². The Morgan fingerprint density at radius 1 is 1.18 bits per heavy atom. The van der Waals surface area contributed by atoms with Crippen LogP contribution in [0.5, 0.6) is 5.75 Å². The minimum atomic E-state index is -0.453. The number of carbonyl (C=O) groups excluding carboxylic acids is 2. The highest BCUT2D eigenvalue weighted by atomic mass is 19.1. The van der Waals surface area contributed by atoms with Crippen molar-refractivity contribution in [2.75, 3.05) is 33.4 Å². The first-order valence-electron chi connectivity index (χ1n) is 10.7. The van der Waals surface area contributed by atoms with Crippen molar-refractivity contribution in [1.29, 1.82) is 0 Å². The fourth-order valence-corrected chi connectivity index (χ4v) is 3.94. The molecule has 0 radical (unpaired) electrons. The Balaban J connectivity index is 1.62. The largest absolute Gasteiger partial charge is 0.484 e. The lowest BCUT2D eigenvalue weighted by atomic mass is 9.87. The number of ether oxygens (including phenoxy) is 2. The molecule has 1 aliphatic heterocycles. The Morgan fingerprint density at radius 3 is 2.73 bits per heavy atom. The van der Waals surface area contributed by atoms with E-state index in [0.717, 1.165) is 16.7 Å². The number of halogens is 1. The normalized spacial score (nSPS) is 15.1. The molecular formula is C25H25FN2O5. The minimum Gasteiger partial charge on any atom is -0.484 e. The third-order valence-electron chi connectivity index (χ3n) is 5.52. The molecule has 0 aliphatic carbocycles. The van der Waals surface area contributed by atoms with Crippen molar-refractivity contribution in [2.45, 2.75) is 12.5 Å². The Kier molecular flexibility index (Phi) is 7.04. The number of rotatable bonds is 8. The molecule has 1 unspecified atom stereocenters. The number of amides is 2. The van der Waals surface area contributed by atoms with E-state index in [4.69, 9.17) is 13.9 Å². The molecule has 0 bridgehead atoms. The number of benzene rings is 2. The van der Waals surface area contributed by atoms with Gasteiger partial charge >= 0.3 is 0 Å². The summed E-state index contributed by atoms with van der Waals surface area (Å²) in [5.74, 6) is -0.102. The predicted molar refractivity (Wildman–Crippen MR) is 119 cm³/mol. The summed E-state index contributed by atoms with van der Waals surface area (Å²) in [7, 11) is 1.56. The van der Waals surface area contributed by atoms with Gasteiger partial charge in [0.25, 0.3) is 11.8 Å². The van der Waals surface area contributed by atoms with Gasteiger partial charge in [-0.2, -0.15) is 0 Å². The second-order valence-electron chi connectivity index (χ2n) is 7.67. The molecule has 2 aromatic carbocycles. The van der Waals surface area contributed by atoms with E-state index in [1.165, 1.54) is 18.4 Å². The quantitative estimate of drug-likeness (QED) is 0.530. The summed E-state index contributed by atoms with van der Waals surface area (Å²) < 4.78 is 29.6. The summed E-state index contributed by atoms with van der Waals surface area (Å²) in [6, 6.07) is 14.5. The molecule has 2 heterocycles. The van der Waals surface area contributed by atoms with Crippen molar-refractivity contribution < 1.29 is 27.9 Å². The van der Waals surface area contributed by atoms with Gasteiger partial charge in [0.1, 0.15) is 11.6 Å². The van der Waals surface area contributed by atoms with Gasteiger partial charge in [-0.1, -0.05) is 18.2 Å². The van der Waals surface area contributed by atoms with Gasteiger partial charge in [0, 0.05) is 20.2 Å². The van der Waals surface area contributed by atoms with E-state index in [0.29, 0.717) is 31.9 Å². The van der Waals surface area contributed by atoms with Crippen molar-refractivity contribution in [3.05, 3.63) is 89.1 Å². The van der Waals surface area contributed by atoms with Crippen LogP contribution in [-0.2, 0) is 16.0 Å². The van der Waals surface area contributed by atoms with Crippen LogP contribution in [0, 0.1) is 5.82 Å². The molecular weight excluding hydrogens is 427 g/mol. The monoisotopic (exact) mass is 452 g/mol. The van der Waals surface area contributed by atoms with Crippen LogP contribution in [0.15, 0.2) is 65.3 Å². The van der Waals surface area contributed by atoms with E-state index < -0.39 is 6.04 Å². The number of nitrogens with one attached hydrogen (secondary N) is 1. The molecule has 33 heavy (non-hydrogen) atoms. The molecule has 1 N–H and O–H groups in total. The number of fused-ring (bicyclic) bond motifs is 1. The van der Waals surface area contributed by atoms with Gasteiger partial charge in [0.05, 0.1) is 18.9 Å². The number of nitrogens with zero attached hydrogens (tertiary/aromatic N) is 1. The molecule has 1 atom stereocenters. The first-order chi connectivity index (χ1) is 16.1. The second kappa shape index (κ2) is 10.3. The van der Waals surface area contributed by atoms with Crippen LogP contribution in [0.2, 0.25) is 0 Å². The van der Waals surface area contributed by atoms with Crippen molar-refractivity contribution in [1.82, 2.24) is 10.2 Å². The van der Waals surface area contributed by atoms with E-state index in [1.807, 2.05) is 18.2 Å². The predicted octanol–water partition coefficient (Wildman–Crippen LogP) is 3.35. The number of furan rings is 1. The summed E-state index contributed by atoms with van der Waals surface area (Å²) >= 11 is 0. The second-order valence-corrected chi connectivity index (χ2v) is 7.67. The van der Waals surface area contributed by atoms with Crippen LogP contribution in [-0.4, -0.2) is 50.1 Å². The van der Waals surface area contributed by atoms with E-state index >= 15 is 0 Å². The van der Waals surface area contributed by atoms with Crippen molar-refractivity contribution in [3.8, 4) is 5.75 Å². The van der Waals surface area contributed by atoms with Gasteiger partial charge in [-0.3, -0.25) is 9.59 Å². The molecule has 1 aliphatic rings. The third-order valence-corrected chi connectivity index (χ3v) is 5.52. The molecule has 7 nitrogen and oxygen atoms in total. The molecule has 0 spiro atoms. The molecule has 172 valence electrons. The van der Waals surface area contributed by atoms with Crippen LogP contribution in [0.3, 0.4) is 0 Å². The van der Waals surface area contributed by atoms with Crippen LogP contribution in [0.1, 0.15) is 33.3 Å². The summed E-state index contributed by atoms with van der Waals surface area (Å²) in [5.41, 5.74) is 2.70. The average molecular weight is 452 g/mol. The topological polar surface area (TPSA) is 81.0 Å². The van der Waals surface area contributed by atoms with Crippen molar-refractivity contribution in [2.24, 2.45) is 0 Å². The lowest BCUT2D eigenvalue weighted by Gasteiger charge is -2.37. The molecule has 0 fully saturated rings. The van der Waals surface area contributed by atoms with Crippen LogP contribution in [0.25, 0.3) is 0 Å². The van der Waals surface area contributed by atoms with Crippen LogP contribution in [0.4, 0.5) is 4.39 Å². The van der Waals surface area contributed by atoms with Crippen molar-refractivity contribution >= 4 is 11.8 Å². The van der Waals surface area contributed by atoms with Crippen LogP contribution >= 0.6 is 0 Å². The first kappa shape index (κ1) is 22.5. The van der Waals surface area contributed by atoms with Gasteiger partial charge in [0.15, 0.2) is 12.4 Å². The molecule has 0 saturated heterocycles. The highest BCUT2D eigenvalue weighted by Gasteiger charge is 2.34. The highest BCUT2D eigenvalue weighted by molar-refractivity contribution is 5.92. The third kappa shape index (κ3) is 5.23. The maximum atomic E-state index is 13.6. The molecule has 1 aromatic heterocycles. The molecule has 2 amide bonds. The first-order valence-corrected chi connectivity index (χ1v) is 10.7. The summed E-state index contributed by atoms with van der Waals surface area (Å²) in [4.78, 5) is 26.9. The fraction of sp³-hybridized carbons (Fsp3) is 0.280. The molecule has 8 heteroatoms. The van der Waals surface area contributed by atoms with E-state index in [9.17, 15) is 14.0 Å². The standard InChI is InChI=1S/C25H25FN2O5/c1-31-14-11-27-23(29)16-33-20-9-6-17-10-12-28(25(30)22-3-2-13-32-22)24(21(17)15-20)18-4-7-19(26)8-5-18/h2-9,13,15,24H,10-12,14,16H2,1H3,(H,27,29). The van der Waals surface area contributed by atoms with Crippen LogP contribution < -0.4 is 10.1 Å². The van der Waals surface area contributed by atoms with Gasteiger partial charge in [-0.25, -0.2) is 4.39 Å². The summed E-state index contributed by atoms with van der Waals surface area (Å²) in [5, 5.41) is 2.71. The number of methoxy groups -OCH3 is 1. The van der Waals surface area contributed by atoms with Crippen molar-refractivity contribution in [3.63, 3.8) is 0 Å². The molecule has 0 saturated carbocycles. The Bertz CT molecular complexity index is 1100. The lowest BCUT2D eigenvalue weighted by molar-refractivity contribution is -0.123. The maximum Gasteiger partial charge on any atom is 0.290 e. The van der Waals surface area contributed by atoms with E-state index in [2.05, 4.69) is 5.32 Å². The van der Waals surface area contributed by atoms with E-state index in [-0.39, 0.29) is 30.0 Å². The SMILES string of the molecule is COCCNC(=O)COc1ccc2c(c1)C(c1ccc(F)cc1)N(C(=O)c1ccco1)CC2. The lowest BCUT2D eigenvalue weighted by Crippen LogP contribution is -2.40. The highest BCUT2D eigenvalue weighted by Crippen LogP contribution is 2.38. The van der Waals surface area contributed by atoms with Gasteiger partial charge in [-0.05, 0) is 59.5 Å². The number of hydrogen-bond acceptors (Lipinski definition) is 5. The summed E-state index contributed by atoms with van der Waals surface area (Å²) in [6.45, 7) is 1.16. The zero-order valence-electron chi connectivity index (χ0n) is 18.3. The van der Waals surface area contributed by atoms with Gasteiger partial charge < -0.3 is 24.1 Å². The minimum absolute atomic E-state index is 0.140. The smallest absolute Gasteiger partial charge is 0.290 e. The molecule has 4 rings (SSSR count).